The minimum absolute atomic E-state index is 0.00105. The summed E-state index contributed by atoms with van der Waals surface area (Å²) >= 11 is 5.86. The first-order valence-electron chi connectivity index (χ1n) is 7.74. The largest absolute Gasteiger partial charge is 0.494 e. The fourth-order valence-corrected chi connectivity index (χ4v) is 2.75. The lowest BCUT2D eigenvalue weighted by atomic mass is 10.0. The minimum Gasteiger partial charge on any atom is -0.494 e. The molecule has 0 aliphatic carbocycles. The zero-order valence-electron chi connectivity index (χ0n) is 14.0. The topological polar surface area (TPSA) is 65.4 Å². The van der Waals surface area contributed by atoms with E-state index in [0.717, 1.165) is 6.21 Å². The van der Waals surface area contributed by atoms with Crippen molar-refractivity contribution < 1.29 is 36.2 Å². The molecule has 3 rings (SSSR count). The zero-order valence-corrected chi connectivity index (χ0v) is 14.7. The lowest BCUT2D eigenvalue weighted by molar-refractivity contribution is -0.143. The molecular formula is C18H9ClF6N2O2. The number of aromatic nitrogens is 1. The van der Waals surface area contributed by atoms with Crippen LogP contribution in [0.3, 0.4) is 0 Å². The quantitative estimate of drug-likeness (QED) is 0.394. The average Bonchev–Trinajstić information content (AvgIpc) is 2.92. The van der Waals surface area contributed by atoms with E-state index >= 15 is 0 Å². The van der Waals surface area contributed by atoms with Crippen LogP contribution in [0.15, 0.2) is 41.4 Å². The molecule has 2 aromatic carbocycles. The maximum Gasteiger partial charge on any atom is 0.416 e. The van der Waals surface area contributed by atoms with Crippen molar-refractivity contribution in [3.05, 3.63) is 63.7 Å². The third-order valence-corrected chi connectivity index (χ3v) is 4.16. The van der Waals surface area contributed by atoms with Gasteiger partial charge in [0.25, 0.3) is 5.91 Å². The highest BCUT2D eigenvalue weighted by Crippen LogP contribution is 2.36. The van der Waals surface area contributed by atoms with Crippen LogP contribution in [0.4, 0.5) is 26.3 Å². The molecule has 152 valence electrons. The molecule has 0 atom stereocenters. The Bertz CT molecular complexity index is 1100. The average molecular weight is 435 g/mol. The van der Waals surface area contributed by atoms with Crippen molar-refractivity contribution in [2.24, 2.45) is 4.99 Å². The molecular weight excluding hydrogens is 426 g/mol. The summed E-state index contributed by atoms with van der Waals surface area (Å²) in [5.41, 5.74) is -3.74. The van der Waals surface area contributed by atoms with E-state index in [1.54, 1.807) is 0 Å². The Labute approximate surface area is 163 Å². The van der Waals surface area contributed by atoms with E-state index in [1.165, 1.54) is 18.2 Å². The van der Waals surface area contributed by atoms with E-state index in [-0.39, 0.29) is 23.8 Å². The molecule has 0 saturated carbocycles. The van der Waals surface area contributed by atoms with Gasteiger partial charge in [0.15, 0.2) is 5.88 Å². The van der Waals surface area contributed by atoms with Gasteiger partial charge in [0, 0.05) is 27.7 Å². The number of aliphatic imine (C=N–C) groups is 1. The molecule has 0 radical (unpaired) electrons. The summed E-state index contributed by atoms with van der Waals surface area (Å²) < 4.78 is 77.4. The summed E-state index contributed by atoms with van der Waals surface area (Å²) in [4.78, 5) is 18.1. The molecule has 3 aromatic rings. The van der Waals surface area contributed by atoms with Crippen LogP contribution < -0.4 is 0 Å². The standard InChI is InChI=1S/C18H9ClF6N2O2/c19-11-1-2-14-12(6-11)13(16(29)27-14)7-26-15(28)8-3-9(17(20,21)22)5-10(4-8)18(23,24)25/h1-7,27,29H. The summed E-state index contributed by atoms with van der Waals surface area (Å²) in [5.74, 6) is -1.75. The van der Waals surface area contributed by atoms with Gasteiger partial charge in [0.1, 0.15) is 0 Å². The molecule has 29 heavy (non-hydrogen) atoms. The fourth-order valence-electron chi connectivity index (χ4n) is 2.58. The van der Waals surface area contributed by atoms with Crippen molar-refractivity contribution in [2.45, 2.75) is 12.4 Å². The number of carbonyl (C=O) groups is 1. The smallest absolute Gasteiger partial charge is 0.416 e. The molecule has 1 amide bonds. The number of nitrogens with one attached hydrogen (secondary N) is 1. The first kappa shape index (κ1) is 20.7. The molecule has 11 heteroatoms. The van der Waals surface area contributed by atoms with Crippen LogP contribution in [0.25, 0.3) is 10.9 Å². The van der Waals surface area contributed by atoms with Crippen LogP contribution >= 0.6 is 11.6 Å². The third-order valence-electron chi connectivity index (χ3n) is 3.93. The predicted molar refractivity (Wildman–Crippen MR) is 93.3 cm³/mol. The maximum atomic E-state index is 12.9. The number of hydrogen-bond donors (Lipinski definition) is 2. The van der Waals surface area contributed by atoms with E-state index in [0.29, 0.717) is 15.9 Å². The Hall–Kier alpha value is -3.01. The number of halogens is 7. The van der Waals surface area contributed by atoms with Gasteiger partial charge >= 0.3 is 12.4 Å². The number of alkyl halides is 6. The van der Waals surface area contributed by atoms with Gasteiger partial charge in [-0.3, -0.25) is 4.79 Å². The van der Waals surface area contributed by atoms with Crippen LogP contribution in [-0.2, 0) is 12.4 Å². The highest BCUT2D eigenvalue weighted by Gasteiger charge is 2.37. The number of amides is 1. The van der Waals surface area contributed by atoms with E-state index in [1.807, 2.05) is 0 Å². The van der Waals surface area contributed by atoms with Gasteiger partial charge in [-0.15, -0.1) is 0 Å². The first-order valence-corrected chi connectivity index (χ1v) is 8.12. The second-order valence-corrected chi connectivity index (χ2v) is 6.37. The highest BCUT2D eigenvalue weighted by atomic mass is 35.5. The molecule has 0 aliphatic heterocycles. The highest BCUT2D eigenvalue weighted by molar-refractivity contribution is 6.31. The Kier molecular flexibility index (Phi) is 5.08. The Balaban J connectivity index is 2.03. The number of nitrogens with zero attached hydrogens (tertiary/aromatic N) is 1. The predicted octanol–water partition coefficient (Wildman–Crippen LogP) is 5.82. The molecule has 2 N–H and O–H groups in total. The lowest BCUT2D eigenvalue weighted by Gasteiger charge is -2.12. The van der Waals surface area contributed by atoms with Crippen molar-refractivity contribution >= 4 is 34.6 Å². The summed E-state index contributed by atoms with van der Waals surface area (Å²) in [6.07, 6.45) is -9.35. The monoisotopic (exact) mass is 434 g/mol. The van der Waals surface area contributed by atoms with E-state index in [4.69, 9.17) is 11.6 Å². The first-order chi connectivity index (χ1) is 13.4. The molecule has 0 unspecified atom stereocenters. The van der Waals surface area contributed by atoms with Gasteiger partial charge in [0.05, 0.1) is 16.7 Å². The summed E-state index contributed by atoms with van der Waals surface area (Å²) in [6.45, 7) is 0. The molecule has 4 nitrogen and oxygen atoms in total. The molecule has 1 aromatic heterocycles. The number of rotatable bonds is 2. The van der Waals surface area contributed by atoms with E-state index < -0.39 is 40.8 Å². The second kappa shape index (κ2) is 7.11. The maximum absolute atomic E-state index is 12.9. The van der Waals surface area contributed by atoms with E-state index in [2.05, 4.69) is 9.98 Å². The van der Waals surface area contributed by atoms with Crippen LogP contribution in [0.2, 0.25) is 5.02 Å². The van der Waals surface area contributed by atoms with Crippen molar-refractivity contribution in [3.63, 3.8) is 0 Å². The van der Waals surface area contributed by atoms with Crippen LogP contribution in [0.1, 0.15) is 27.0 Å². The summed E-state index contributed by atoms with van der Waals surface area (Å²) in [7, 11) is 0. The van der Waals surface area contributed by atoms with Gasteiger partial charge < -0.3 is 10.1 Å². The number of aromatic amines is 1. The zero-order chi connectivity index (χ0) is 21.6. The number of hydrogen-bond acceptors (Lipinski definition) is 2. The van der Waals surface area contributed by atoms with Crippen molar-refractivity contribution in [1.29, 1.82) is 0 Å². The molecule has 0 spiro atoms. The second-order valence-electron chi connectivity index (χ2n) is 5.94. The van der Waals surface area contributed by atoms with Gasteiger partial charge in [0.2, 0.25) is 0 Å². The number of aromatic hydroxyl groups is 1. The number of fused-ring (bicyclic) bond motifs is 1. The minimum atomic E-state index is -5.09. The third kappa shape index (κ3) is 4.37. The molecule has 1 heterocycles. The van der Waals surface area contributed by atoms with Crippen molar-refractivity contribution in [2.75, 3.05) is 0 Å². The lowest BCUT2D eigenvalue weighted by Crippen LogP contribution is -2.13. The number of benzene rings is 2. The number of H-pyrrole nitrogens is 1. The van der Waals surface area contributed by atoms with Crippen molar-refractivity contribution in [1.82, 2.24) is 4.98 Å². The van der Waals surface area contributed by atoms with Gasteiger partial charge in [-0.2, -0.15) is 26.3 Å². The SMILES string of the molecule is O=C(N=Cc1c(O)[nH]c2ccc(Cl)cc12)c1cc(C(F)(F)F)cc(C(F)(F)F)c1. The molecule has 0 fully saturated rings. The van der Waals surface area contributed by atoms with Gasteiger partial charge in [-0.25, -0.2) is 4.99 Å². The van der Waals surface area contributed by atoms with Gasteiger partial charge in [-0.1, -0.05) is 11.6 Å². The van der Waals surface area contributed by atoms with Crippen LogP contribution in [0.5, 0.6) is 5.88 Å². The normalized spacial score (nSPS) is 12.8. The summed E-state index contributed by atoms with van der Waals surface area (Å²) in [6, 6.07) is 4.95. The fraction of sp³-hybridized carbons (Fsp3) is 0.111. The van der Waals surface area contributed by atoms with Crippen LogP contribution in [-0.4, -0.2) is 22.2 Å². The Morgan fingerprint density at radius 1 is 1.00 bits per heavy atom. The molecule has 0 saturated heterocycles. The number of carbonyl (C=O) groups excluding carboxylic acids is 1. The molecule has 0 bridgehead atoms. The van der Waals surface area contributed by atoms with E-state index in [9.17, 15) is 36.2 Å². The Morgan fingerprint density at radius 3 is 2.14 bits per heavy atom. The summed E-state index contributed by atoms with van der Waals surface area (Å²) in [5, 5.41) is 10.6. The molecule has 0 aliphatic rings. The van der Waals surface area contributed by atoms with Gasteiger partial charge in [-0.05, 0) is 36.4 Å². The Morgan fingerprint density at radius 2 is 1.59 bits per heavy atom. The van der Waals surface area contributed by atoms with Crippen molar-refractivity contribution in [3.8, 4) is 5.88 Å². The van der Waals surface area contributed by atoms with Crippen LogP contribution in [0, 0.1) is 0 Å².